The van der Waals surface area contributed by atoms with Gasteiger partial charge in [0.05, 0.1) is 6.54 Å². The van der Waals surface area contributed by atoms with Crippen molar-refractivity contribution >= 4 is 11.9 Å². The van der Waals surface area contributed by atoms with Crippen LogP contribution in [0.1, 0.15) is 12.8 Å². The first-order chi connectivity index (χ1) is 4.63. The van der Waals surface area contributed by atoms with Crippen LogP contribution in [0.5, 0.6) is 0 Å². The number of carbonyl (C=O) groups is 1. The number of nitrogens with two attached hydrogens (primary N) is 2. The van der Waals surface area contributed by atoms with E-state index in [2.05, 4.69) is 4.99 Å². The number of guanidine groups is 1. The normalized spacial score (nSPS) is 8.80. The third-order valence-corrected chi connectivity index (χ3v) is 0.897. The maximum atomic E-state index is 9.95. The molecule has 0 aliphatic heterocycles. The predicted molar refractivity (Wildman–Crippen MR) is 36.1 cm³/mol. The van der Waals surface area contributed by atoms with E-state index in [1.165, 1.54) is 0 Å². The number of aliphatic carboxylic acids is 1. The maximum absolute atomic E-state index is 9.95. The minimum absolute atomic E-state index is 0.130. The molecule has 0 unspecified atom stereocenters. The lowest BCUT2D eigenvalue weighted by atomic mass is 10.3. The van der Waals surface area contributed by atoms with Gasteiger partial charge in [-0.15, -0.1) is 0 Å². The van der Waals surface area contributed by atoms with Crippen molar-refractivity contribution in [3.05, 3.63) is 0 Å². The van der Waals surface area contributed by atoms with Gasteiger partial charge in [-0.2, -0.15) is 0 Å². The molecule has 0 spiro atoms. The lowest BCUT2D eigenvalue weighted by Gasteiger charge is -1.89. The highest BCUT2D eigenvalue weighted by atomic mass is 16.4. The molecule has 0 aliphatic carbocycles. The molecule has 5 nitrogen and oxygen atoms in total. The number of hydrogen-bond donors (Lipinski definition) is 4. The molecule has 0 saturated carbocycles. The highest BCUT2D eigenvalue weighted by molar-refractivity contribution is 5.69. The zero-order chi connectivity index (χ0) is 7.98. The van der Waals surface area contributed by atoms with E-state index in [0.717, 1.165) is 0 Å². The Bertz CT molecular complexity index is 140. The van der Waals surface area contributed by atoms with Crippen LogP contribution in [0.2, 0.25) is 0 Å². The lowest BCUT2D eigenvalue weighted by molar-refractivity contribution is -0.459. The van der Waals surface area contributed by atoms with Crippen molar-refractivity contribution in [1.29, 1.82) is 0 Å². The van der Waals surface area contributed by atoms with Crippen molar-refractivity contribution in [2.45, 2.75) is 12.8 Å². The van der Waals surface area contributed by atoms with Crippen LogP contribution < -0.4 is 16.5 Å². The van der Waals surface area contributed by atoms with Crippen LogP contribution in [-0.4, -0.2) is 23.6 Å². The number of carboxylic acid groups (broad SMARTS) is 1. The van der Waals surface area contributed by atoms with Crippen molar-refractivity contribution in [3.63, 3.8) is 0 Å². The Kier molecular flexibility index (Phi) is 4.02. The van der Waals surface area contributed by atoms with Gasteiger partial charge in [0.1, 0.15) is 0 Å². The summed E-state index contributed by atoms with van der Waals surface area (Å²) in [6.07, 6.45) is 0.674. The van der Waals surface area contributed by atoms with Crippen molar-refractivity contribution in [3.8, 4) is 0 Å². The van der Waals surface area contributed by atoms with Crippen LogP contribution >= 0.6 is 0 Å². The number of nitrogens with one attached hydrogen (secondary N) is 1. The molecule has 5 heteroatoms. The first-order valence-corrected chi connectivity index (χ1v) is 2.96. The highest BCUT2D eigenvalue weighted by Crippen LogP contribution is 1.81. The lowest BCUT2D eigenvalue weighted by Crippen LogP contribution is -2.78. The number of rotatable bonds is 4. The van der Waals surface area contributed by atoms with Crippen LogP contribution in [0.3, 0.4) is 0 Å². The molecule has 0 heterocycles. The third kappa shape index (κ3) is 6.74. The Hall–Kier alpha value is -1.26. The largest absolute Gasteiger partial charge is 0.481 e. The number of hydrogen-bond acceptors (Lipinski definition) is 1. The number of carboxylic acids is 1. The zero-order valence-corrected chi connectivity index (χ0v) is 5.63. The molecule has 0 fully saturated rings. The summed E-state index contributed by atoms with van der Waals surface area (Å²) >= 11 is 0. The van der Waals surface area contributed by atoms with Crippen LogP contribution in [0.15, 0.2) is 0 Å². The third-order valence-electron chi connectivity index (χ3n) is 0.897. The van der Waals surface area contributed by atoms with Crippen molar-refractivity contribution in [2.24, 2.45) is 11.5 Å². The standard InChI is InChI=1S/C5H11N3O2/c6-5(7)8-3-1-2-4(9)10/h1-3H2,(H,9,10)(H4,6,7,8)/p+1. The topological polar surface area (TPSA) is 103 Å². The van der Waals surface area contributed by atoms with E-state index in [0.29, 0.717) is 13.0 Å². The van der Waals surface area contributed by atoms with Crippen LogP contribution in [0.4, 0.5) is 0 Å². The molecule has 0 aromatic rings. The Morgan fingerprint density at radius 1 is 1.50 bits per heavy atom. The van der Waals surface area contributed by atoms with E-state index in [9.17, 15) is 4.79 Å². The van der Waals surface area contributed by atoms with Crippen molar-refractivity contribution < 1.29 is 14.9 Å². The molecular weight excluding hydrogens is 134 g/mol. The van der Waals surface area contributed by atoms with Gasteiger partial charge in [-0.25, -0.2) is 0 Å². The van der Waals surface area contributed by atoms with Gasteiger partial charge in [-0.1, -0.05) is 0 Å². The summed E-state index contributed by atoms with van der Waals surface area (Å²) in [4.78, 5) is 12.6. The smallest absolute Gasteiger partial charge is 0.338 e. The van der Waals surface area contributed by atoms with Crippen LogP contribution in [0, 0.1) is 0 Å². The van der Waals surface area contributed by atoms with Crippen molar-refractivity contribution in [2.75, 3.05) is 6.54 Å². The van der Waals surface area contributed by atoms with Gasteiger partial charge >= 0.3 is 11.9 Å². The van der Waals surface area contributed by atoms with Crippen molar-refractivity contribution in [1.82, 2.24) is 0 Å². The minimum atomic E-state index is -0.808. The average Bonchev–Trinajstić information content (AvgIpc) is 1.79. The Labute approximate surface area is 58.7 Å². The second-order valence-electron chi connectivity index (χ2n) is 1.88. The van der Waals surface area contributed by atoms with Gasteiger partial charge in [0, 0.05) is 6.42 Å². The monoisotopic (exact) mass is 146 g/mol. The summed E-state index contributed by atoms with van der Waals surface area (Å²) in [7, 11) is 0. The fraction of sp³-hybridized carbons (Fsp3) is 0.600. The second-order valence-corrected chi connectivity index (χ2v) is 1.88. The molecule has 0 aromatic carbocycles. The highest BCUT2D eigenvalue weighted by Gasteiger charge is 1.94. The maximum Gasteiger partial charge on any atom is 0.338 e. The molecule has 0 amide bonds. The summed E-state index contributed by atoms with van der Waals surface area (Å²) in [5.74, 6) is -0.678. The minimum Gasteiger partial charge on any atom is -0.481 e. The second kappa shape index (κ2) is 4.60. The van der Waals surface area contributed by atoms with E-state index >= 15 is 0 Å². The summed E-state index contributed by atoms with van der Waals surface area (Å²) < 4.78 is 0. The van der Waals surface area contributed by atoms with Gasteiger partial charge in [-0.05, 0) is 6.42 Å². The molecule has 0 saturated heterocycles. The summed E-state index contributed by atoms with van der Waals surface area (Å²) in [6, 6.07) is 0. The summed E-state index contributed by atoms with van der Waals surface area (Å²) in [5, 5.41) is 8.18. The van der Waals surface area contributed by atoms with E-state index < -0.39 is 5.97 Å². The molecule has 0 aromatic heterocycles. The molecule has 0 aliphatic rings. The fourth-order valence-corrected chi connectivity index (χ4v) is 0.472. The van der Waals surface area contributed by atoms with Gasteiger partial charge in [0.25, 0.3) is 0 Å². The molecule has 0 bridgehead atoms. The predicted octanol–water partition coefficient (Wildman–Crippen LogP) is -2.79. The van der Waals surface area contributed by atoms with E-state index in [4.69, 9.17) is 16.6 Å². The van der Waals surface area contributed by atoms with Crippen LogP contribution in [0.25, 0.3) is 0 Å². The molecule has 6 N–H and O–H groups in total. The van der Waals surface area contributed by atoms with E-state index in [1.807, 2.05) is 0 Å². The first kappa shape index (κ1) is 8.74. The SMILES string of the molecule is NC(N)=[NH+]CCCC(=O)O. The Morgan fingerprint density at radius 3 is 2.50 bits per heavy atom. The zero-order valence-electron chi connectivity index (χ0n) is 5.63. The fourth-order valence-electron chi connectivity index (χ4n) is 0.472. The average molecular weight is 146 g/mol. The molecule has 58 valence electrons. The van der Waals surface area contributed by atoms with Gasteiger partial charge in [0.15, 0.2) is 0 Å². The molecule has 10 heavy (non-hydrogen) atoms. The van der Waals surface area contributed by atoms with Crippen LogP contribution in [-0.2, 0) is 4.79 Å². The molecule has 0 rings (SSSR count). The summed E-state index contributed by atoms with van der Waals surface area (Å²) in [5.41, 5.74) is 10.1. The van der Waals surface area contributed by atoms with Gasteiger partial charge in [-0.3, -0.25) is 21.3 Å². The van der Waals surface area contributed by atoms with Gasteiger partial charge < -0.3 is 5.11 Å². The Balaban J connectivity index is 3.21. The summed E-state index contributed by atoms with van der Waals surface area (Å²) in [6.45, 7) is 0.509. The molecule has 0 atom stereocenters. The molecular formula is C5H12N3O2+. The van der Waals surface area contributed by atoms with Gasteiger partial charge in [0.2, 0.25) is 0 Å². The first-order valence-electron chi connectivity index (χ1n) is 2.96. The molecule has 0 radical (unpaired) electrons. The van der Waals surface area contributed by atoms with E-state index in [-0.39, 0.29) is 12.4 Å². The van der Waals surface area contributed by atoms with E-state index in [1.54, 1.807) is 0 Å². The quantitative estimate of drug-likeness (QED) is 0.195. The Morgan fingerprint density at radius 2 is 2.10 bits per heavy atom.